The predicted octanol–water partition coefficient (Wildman–Crippen LogP) is 2.43. The summed E-state index contributed by atoms with van der Waals surface area (Å²) in [5.41, 5.74) is 0.579. The second-order valence-corrected chi connectivity index (χ2v) is 5.62. The molecule has 5 heteroatoms. The molecule has 0 aliphatic heterocycles. The maximum absolute atomic E-state index is 10.1. The molecular weight excluding hydrogens is 298 g/mol. The van der Waals surface area contributed by atoms with Crippen molar-refractivity contribution >= 4 is 15.9 Å². The molecule has 1 atom stereocenters. The lowest BCUT2D eigenvalue weighted by Crippen LogP contribution is -2.30. The van der Waals surface area contributed by atoms with Crippen molar-refractivity contribution in [1.29, 1.82) is 0 Å². The molecule has 0 heterocycles. The SMILES string of the molecule is Oc1cc(Br)c(C(O)CNC2CCCC2)cc1O. The Morgan fingerprint density at radius 1 is 1.22 bits per heavy atom. The second-order valence-electron chi connectivity index (χ2n) is 4.77. The van der Waals surface area contributed by atoms with E-state index in [1.807, 2.05) is 0 Å². The lowest BCUT2D eigenvalue weighted by atomic mass is 10.1. The van der Waals surface area contributed by atoms with Crippen LogP contribution in [0.4, 0.5) is 0 Å². The lowest BCUT2D eigenvalue weighted by Gasteiger charge is -2.18. The molecule has 1 aromatic rings. The van der Waals surface area contributed by atoms with Gasteiger partial charge in [-0.15, -0.1) is 0 Å². The smallest absolute Gasteiger partial charge is 0.158 e. The Bertz CT molecular complexity index is 419. The number of benzene rings is 1. The van der Waals surface area contributed by atoms with E-state index in [4.69, 9.17) is 0 Å². The van der Waals surface area contributed by atoms with Gasteiger partial charge in [0.15, 0.2) is 11.5 Å². The first-order chi connectivity index (χ1) is 8.58. The van der Waals surface area contributed by atoms with E-state index in [9.17, 15) is 15.3 Å². The lowest BCUT2D eigenvalue weighted by molar-refractivity contribution is 0.168. The van der Waals surface area contributed by atoms with Gasteiger partial charge < -0.3 is 20.6 Å². The van der Waals surface area contributed by atoms with Gasteiger partial charge in [-0.05, 0) is 30.5 Å². The van der Waals surface area contributed by atoms with Crippen LogP contribution in [0.5, 0.6) is 11.5 Å². The Morgan fingerprint density at radius 2 is 1.83 bits per heavy atom. The number of hydrogen-bond donors (Lipinski definition) is 4. The Morgan fingerprint density at radius 3 is 2.50 bits per heavy atom. The van der Waals surface area contributed by atoms with Crippen LogP contribution in [0.25, 0.3) is 0 Å². The fourth-order valence-corrected chi connectivity index (χ4v) is 2.94. The standard InChI is InChI=1S/C13H18BrNO3/c14-10-6-12(17)11(16)5-9(10)13(18)7-15-8-3-1-2-4-8/h5-6,8,13,15-18H,1-4,7H2. The zero-order chi connectivity index (χ0) is 13.1. The van der Waals surface area contributed by atoms with Crippen molar-refractivity contribution < 1.29 is 15.3 Å². The molecule has 0 saturated heterocycles. The largest absolute Gasteiger partial charge is 0.504 e. The number of phenols is 2. The molecule has 4 N–H and O–H groups in total. The van der Waals surface area contributed by atoms with Crippen molar-refractivity contribution in [3.8, 4) is 11.5 Å². The normalized spacial score (nSPS) is 18.1. The highest BCUT2D eigenvalue weighted by atomic mass is 79.9. The first-order valence-corrected chi connectivity index (χ1v) is 7.00. The van der Waals surface area contributed by atoms with Crippen LogP contribution in [0.2, 0.25) is 0 Å². The summed E-state index contributed by atoms with van der Waals surface area (Å²) in [4.78, 5) is 0. The highest BCUT2D eigenvalue weighted by Gasteiger charge is 2.18. The fourth-order valence-electron chi connectivity index (χ4n) is 2.34. The Hall–Kier alpha value is -0.780. The Labute approximate surface area is 115 Å². The van der Waals surface area contributed by atoms with Crippen molar-refractivity contribution in [1.82, 2.24) is 5.32 Å². The van der Waals surface area contributed by atoms with Crippen molar-refractivity contribution in [3.05, 3.63) is 22.2 Å². The first kappa shape index (κ1) is 13.6. The number of nitrogens with one attached hydrogen (secondary N) is 1. The van der Waals surface area contributed by atoms with Gasteiger partial charge in [-0.1, -0.05) is 28.8 Å². The molecule has 1 fully saturated rings. The van der Waals surface area contributed by atoms with Gasteiger partial charge >= 0.3 is 0 Å². The van der Waals surface area contributed by atoms with Crippen LogP contribution in [0.3, 0.4) is 0 Å². The van der Waals surface area contributed by atoms with Gasteiger partial charge in [0.05, 0.1) is 6.10 Å². The maximum atomic E-state index is 10.1. The highest BCUT2D eigenvalue weighted by Crippen LogP contribution is 2.34. The van der Waals surface area contributed by atoms with Gasteiger partial charge in [-0.3, -0.25) is 0 Å². The number of rotatable bonds is 4. The van der Waals surface area contributed by atoms with Gasteiger partial charge in [0.25, 0.3) is 0 Å². The third kappa shape index (κ3) is 3.16. The van der Waals surface area contributed by atoms with Crippen molar-refractivity contribution in [2.24, 2.45) is 0 Å². The molecule has 4 nitrogen and oxygen atoms in total. The third-order valence-corrected chi connectivity index (χ3v) is 4.09. The summed E-state index contributed by atoms with van der Waals surface area (Å²) in [6, 6.07) is 3.27. The van der Waals surface area contributed by atoms with E-state index in [0.717, 1.165) is 12.8 Å². The molecule has 1 aliphatic carbocycles. The fraction of sp³-hybridized carbons (Fsp3) is 0.538. The number of aliphatic hydroxyl groups excluding tert-OH is 1. The van der Waals surface area contributed by atoms with Gasteiger partial charge in [0.1, 0.15) is 0 Å². The Kier molecular flexibility index (Phi) is 4.48. The molecule has 1 aliphatic rings. The molecule has 0 radical (unpaired) electrons. The monoisotopic (exact) mass is 315 g/mol. The summed E-state index contributed by atoms with van der Waals surface area (Å²) in [7, 11) is 0. The summed E-state index contributed by atoms with van der Waals surface area (Å²) in [5.74, 6) is -0.408. The van der Waals surface area contributed by atoms with E-state index >= 15 is 0 Å². The van der Waals surface area contributed by atoms with E-state index in [0.29, 0.717) is 22.6 Å². The van der Waals surface area contributed by atoms with Crippen LogP contribution >= 0.6 is 15.9 Å². The van der Waals surface area contributed by atoms with E-state index in [1.165, 1.54) is 25.0 Å². The van der Waals surface area contributed by atoms with Crippen LogP contribution in [0.1, 0.15) is 37.4 Å². The molecule has 0 bridgehead atoms. The number of hydrogen-bond acceptors (Lipinski definition) is 4. The third-order valence-electron chi connectivity index (χ3n) is 3.41. The zero-order valence-corrected chi connectivity index (χ0v) is 11.7. The van der Waals surface area contributed by atoms with Gasteiger partial charge in [0.2, 0.25) is 0 Å². The number of phenolic OH excluding ortho intramolecular Hbond substituents is 2. The summed E-state index contributed by atoms with van der Waals surface area (Å²) in [5, 5.41) is 32.2. The predicted molar refractivity (Wildman–Crippen MR) is 72.7 cm³/mol. The minimum absolute atomic E-state index is 0.193. The molecule has 0 amide bonds. The van der Waals surface area contributed by atoms with Crippen molar-refractivity contribution in [2.75, 3.05) is 6.54 Å². The Balaban J connectivity index is 1.99. The average Bonchev–Trinajstić information content (AvgIpc) is 2.84. The van der Waals surface area contributed by atoms with Crippen molar-refractivity contribution in [2.45, 2.75) is 37.8 Å². The number of halogens is 1. The first-order valence-electron chi connectivity index (χ1n) is 6.20. The van der Waals surface area contributed by atoms with Crippen LogP contribution < -0.4 is 5.32 Å². The molecule has 1 saturated carbocycles. The van der Waals surface area contributed by atoms with Crippen LogP contribution in [-0.4, -0.2) is 27.9 Å². The zero-order valence-electron chi connectivity index (χ0n) is 10.1. The quantitative estimate of drug-likeness (QED) is 0.644. The van der Waals surface area contributed by atoms with Gasteiger partial charge in [0, 0.05) is 17.1 Å². The van der Waals surface area contributed by atoms with Crippen LogP contribution in [0, 0.1) is 0 Å². The maximum Gasteiger partial charge on any atom is 0.158 e. The summed E-state index contributed by atoms with van der Waals surface area (Å²) >= 11 is 3.28. The molecule has 0 spiro atoms. The molecular formula is C13H18BrNO3. The second kappa shape index (κ2) is 5.91. The highest BCUT2D eigenvalue weighted by molar-refractivity contribution is 9.10. The summed E-state index contributed by atoms with van der Waals surface area (Å²) < 4.78 is 0.596. The topological polar surface area (TPSA) is 72.7 Å². The molecule has 2 rings (SSSR count). The van der Waals surface area contributed by atoms with E-state index < -0.39 is 6.10 Å². The summed E-state index contributed by atoms with van der Waals surface area (Å²) in [6.45, 7) is 0.452. The molecule has 1 unspecified atom stereocenters. The van der Waals surface area contributed by atoms with E-state index in [1.54, 1.807) is 0 Å². The van der Waals surface area contributed by atoms with E-state index in [-0.39, 0.29) is 11.5 Å². The molecule has 18 heavy (non-hydrogen) atoms. The van der Waals surface area contributed by atoms with Crippen LogP contribution in [-0.2, 0) is 0 Å². The molecule has 1 aromatic carbocycles. The van der Waals surface area contributed by atoms with Crippen molar-refractivity contribution in [3.63, 3.8) is 0 Å². The average molecular weight is 316 g/mol. The van der Waals surface area contributed by atoms with E-state index in [2.05, 4.69) is 21.2 Å². The number of aliphatic hydroxyl groups is 1. The minimum Gasteiger partial charge on any atom is -0.504 e. The van der Waals surface area contributed by atoms with Gasteiger partial charge in [-0.25, -0.2) is 0 Å². The number of aromatic hydroxyl groups is 2. The molecule has 0 aromatic heterocycles. The van der Waals surface area contributed by atoms with Gasteiger partial charge in [-0.2, -0.15) is 0 Å². The van der Waals surface area contributed by atoms with Crippen LogP contribution in [0.15, 0.2) is 16.6 Å². The molecule has 100 valence electrons. The minimum atomic E-state index is -0.702. The summed E-state index contributed by atoms with van der Waals surface area (Å²) in [6.07, 6.45) is 4.12.